The molecule has 172 valence electrons. The molecule has 2 amide bonds. The predicted molar refractivity (Wildman–Crippen MR) is 119 cm³/mol. The molecule has 3 aliphatic rings. The maximum atomic E-state index is 13.3. The SMILES string of the molecule is Cc1nc(N(C2CCOCC2)S(=O)(=O)[N-]C(=O)Nc2c3c(cc4c2CCC4)CCC3)co1.[Na+]. The van der Waals surface area contributed by atoms with Crippen molar-refractivity contribution in [2.24, 2.45) is 0 Å². The van der Waals surface area contributed by atoms with Crippen molar-refractivity contribution in [3.63, 3.8) is 0 Å². The number of carbonyl (C=O) groups excluding carboxylic acids is 1. The van der Waals surface area contributed by atoms with Crippen molar-refractivity contribution >= 4 is 27.7 Å². The van der Waals surface area contributed by atoms with Crippen molar-refractivity contribution in [1.82, 2.24) is 4.98 Å². The van der Waals surface area contributed by atoms with Gasteiger partial charge in [0.2, 0.25) is 0 Å². The topological polar surface area (TPSA) is 116 Å². The maximum absolute atomic E-state index is 13.3. The Balaban J connectivity index is 0.00000259. The molecule has 1 aromatic carbocycles. The summed E-state index contributed by atoms with van der Waals surface area (Å²) in [6, 6.07) is 0.977. The number of rotatable bonds is 5. The fraction of sp³-hybridized carbons (Fsp3) is 0.545. The quantitative estimate of drug-likeness (QED) is 0.631. The molecule has 2 heterocycles. The minimum atomic E-state index is -4.34. The van der Waals surface area contributed by atoms with Gasteiger partial charge in [0, 0.05) is 20.1 Å². The smallest absolute Gasteiger partial charge is 0.447 e. The van der Waals surface area contributed by atoms with Crippen LogP contribution in [0.1, 0.15) is 53.8 Å². The average molecular weight is 483 g/mol. The van der Waals surface area contributed by atoms with Crippen molar-refractivity contribution in [2.75, 3.05) is 22.8 Å². The summed E-state index contributed by atoms with van der Waals surface area (Å²) >= 11 is 0. The molecule has 5 rings (SSSR count). The summed E-state index contributed by atoms with van der Waals surface area (Å²) in [5.74, 6) is 0.472. The van der Waals surface area contributed by atoms with Gasteiger partial charge in [0.1, 0.15) is 6.26 Å². The Morgan fingerprint density at radius 2 is 1.76 bits per heavy atom. The predicted octanol–water partition coefficient (Wildman–Crippen LogP) is 0.800. The zero-order valence-corrected chi connectivity index (χ0v) is 21.9. The van der Waals surface area contributed by atoms with Gasteiger partial charge in [-0.1, -0.05) is 6.07 Å². The van der Waals surface area contributed by atoms with E-state index in [1.54, 1.807) is 6.92 Å². The number of aromatic nitrogens is 1. The van der Waals surface area contributed by atoms with Crippen LogP contribution in [0.15, 0.2) is 16.7 Å². The summed E-state index contributed by atoms with van der Waals surface area (Å²) in [4.78, 5) is 17.1. The van der Waals surface area contributed by atoms with Gasteiger partial charge in [0.25, 0.3) is 10.2 Å². The molecular formula is C22H27N4NaO5S. The Hall–Kier alpha value is -1.59. The van der Waals surface area contributed by atoms with Gasteiger partial charge in [-0.15, -0.1) is 0 Å². The van der Waals surface area contributed by atoms with Crippen LogP contribution < -0.4 is 39.2 Å². The molecule has 1 fully saturated rings. The van der Waals surface area contributed by atoms with Crippen LogP contribution in [0.4, 0.5) is 16.3 Å². The third-order valence-electron chi connectivity index (χ3n) is 6.51. The number of nitrogens with one attached hydrogen (secondary N) is 1. The first-order valence-electron chi connectivity index (χ1n) is 11.2. The first-order valence-corrected chi connectivity index (χ1v) is 12.6. The number of urea groups is 1. The van der Waals surface area contributed by atoms with Gasteiger partial charge in [-0.25, -0.2) is 12.7 Å². The van der Waals surface area contributed by atoms with Gasteiger partial charge in [-0.05, 0) is 79.3 Å². The number of ether oxygens (including phenoxy) is 1. The number of oxazole rings is 1. The Bertz CT molecular complexity index is 1110. The average Bonchev–Trinajstić information content (AvgIpc) is 3.49. The fourth-order valence-electron chi connectivity index (χ4n) is 5.11. The number of amides is 2. The molecular weight excluding hydrogens is 455 g/mol. The van der Waals surface area contributed by atoms with Crippen molar-refractivity contribution in [3.8, 4) is 0 Å². The van der Waals surface area contributed by atoms with Crippen LogP contribution in [0.5, 0.6) is 0 Å². The van der Waals surface area contributed by atoms with E-state index in [-0.39, 0.29) is 35.4 Å². The molecule has 0 unspecified atom stereocenters. The Kier molecular flexibility index (Phi) is 7.40. The van der Waals surface area contributed by atoms with Crippen molar-refractivity contribution in [2.45, 2.75) is 64.3 Å². The second kappa shape index (κ2) is 9.95. The Morgan fingerprint density at radius 3 is 2.33 bits per heavy atom. The van der Waals surface area contributed by atoms with Gasteiger partial charge < -0.3 is 19.2 Å². The molecule has 0 spiro atoms. The molecule has 9 nitrogen and oxygen atoms in total. The fourth-order valence-corrected chi connectivity index (χ4v) is 6.36. The number of nitrogens with zero attached hydrogens (tertiary/aromatic N) is 3. The van der Waals surface area contributed by atoms with E-state index in [0.29, 0.717) is 31.9 Å². The molecule has 2 aliphatic carbocycles. The zero-order valence-electron chi connectivity index (χ0n) is 19.1. The van der Waals surface area contributed by atoms with Crippen LogP contribution in [0, 0.1) is 6.92 Å². The summed E-state index contributed by atoms with van der Waals surface area (Å²) in [6.45, 7) is 2.50. The molecule has 1 aromatic heterocycles. The zero-order chi connectivity index (χ0) is 22.3. The third-order valence-corrected chi connectivity index (χ3v) is 7.89. The van der Waals surface area contributed by atoms with E-state index in [1.165, 1.54) is 17.4 Å². The molecule has 0 atom stereocenters. The van der Waals surface area contributed by atoms with Crippen molar-refractivity contribution < 1.29 is 51.9 Å². The number of hydrogen-bond donors (Lipinski definition) is 1. The van der Waals surface area contributed by atoms with Crippen LogP contribution in [0.2, 0.25) is 0 Å². The Labute approximate surface area is 216 Å². The van der Waals surface area contributed by atoms with Gasteiger partial charge >= 0.3 is 29.6 Å². The summed E-state index contributed by atoms with van der Waals surface area (Å²) in [6.07, 6.45) is 8.10. The number of aryl methyl sites for hydroxylation is 3. The minimum Gasteiger partial charge on any atom is -0.447 e. The number of benzene rings is 1. The molecule has 11 heteroatoms. The summed E-state index contributed by atoms with van der Waals surface area (Å²) in [7, 11) is -4.34. The van der Waals surface area contributed by atoms with Crippen molar-refractivity contribution in [1.29, 1.82) is 0 Å². The molecule has 0 saturated carbocycles. The molecule has 0 radical (unpaired) electrons. The van der Waals surface area contributed by atoms with Crippen LogP contribution in [0.3, 0.4) is 0 Å². The second-order valence-electron chi connectivity index (χ2n) is 8.60. The minimum absolute atomic E-state index is 0. The van der Waals surface area contributed by atoms with Crippen LogP contribution in [-0.4, -0.2) is 38.7 Å². The number of anilines is 2. The largest absolute Gasteiger partial charge is 1.00 e. The first kappa shape index (κ1) is 24.5. The molecule has 2 aromatic rings. The molecule has 33 heavy (non-hydrogen) atoms. The van der Waals surface area contributed by atoms with Gasteiger partial charge in [-0.2, -0.15) is 4.98 Å². The molecule has 1 saturated heterocycles. The molecule has 1 N–H and O–H groups in total. The molecule has 1 aliphatic heterocycles. The van der Waals surface area contributed by atoms with Gasteiger partial charge in [0.05, 0.1) is 6.04 Å². The third kappa shape index (κ3) is 4.95. The summed E-state index contributed by atoms with van der Waals surface area (Å²) in [5.41, 5.74) is 5.53. The number of fused-ring (bicyclic) bond motifs is 2. The van der Waals surface area contributed by atoms with Crippen LogP contribution >= 0.6 is 0 Å². The van der Waals surface area contributed by atoms with Gasteiger partial charge in [0.15, 0.2) is 17.7 Å². The van der Waals surface area contributed by atoms with Crippen molar-refractivity contribution in [3.05, 3.63) is 45.2 Å². The van der Waals surface area contributed by atoms with E-state index >= 15 is 0 Å². The van der Waals surface area contributed by atoms with E-state index in [2.05, 4.69) is 21.1 Å². The van der Waals surface area contributed by atoms with E-state index in [4.69, 9.17) is 9.15 Å². The van der Waals surface area contributed by atoms with Crippen LogP contribution in [0.25, 0.3) is 4.72 Å². The number of hydrogen-bond acceptors (Lipinski definition) is 6. The van der Waals surface area contributed by atoms with E-state index in [0.717, 1.165) is 59.6 Å². The second-order valence-corrected chi connectivity index (χ2v) is 10.1. The molecule has 0 bridgehead atoms. The summed E-state index contributed by atoms with van der Waals surface area (Å²) in [5, 5.41) is 2.83. The summed E-state index contributed by atoms with van der Waals surface area (Å²) < 4.78 is 41.9. The van der Waals surface area contributed by atoms with E-state index in [9.17, 15) is 13.2 Å². The van der Waals surface area contributed by atoms with E-state index < -0.39 is 22.3 Å². The van der Waals surface area contributed by atoms with Crippen LogP contribution in [-0.2, 0) is 40.6 Å². The maximum Gasteiger partial charge on any atom is 1.00 e. The first-order chi connectivity index (χ1) is 15.4. The normalized spacial score (nSPS) is 17.7. The Morgan fingerprint density at radius 1 is 1.12 bits per heavy atom. The number of carbonyl (C=O) groups is 1. The monoisotopic (exact) mass is 482 g/mol. The van der Waals surface area contributed by atoms with E-state index in [1.807, 2.05) is 0 Å². The van der Waals surface area contributed by atoms with Gasteiger partial charge in [-0.3, -0.25) is 4.79 Å². The standard InChI is InChI=1S/C22H28N4O5S.Na/c1-14-23-20(13-31-14)26(17-8-10-30-11-9-17)32(28,29)25-22(27)24-21-18-6-2-4-15(18)12-16-5-3-7-19(16)21;/h12-13,17H,2-11H2,1H3,(H2,24,25,27);/q;+1/p-1.